The summed E-state index contributed by atoms with van der Waals surface area (Å²) in [6.07, 6.45) is 5.24. The van der Waals surface area contributed by atoms with Gasteiger partial charge in [0.05, 0.1) is 17.8 Å². The zero-order valence-corrected chi connectivity index (χ0v) is 20.4. The maximum Gasteiger partial charge on any atom is 0.274 e. The largest absolute Gasteiger partial charge is 0.359 e. The van der Waals surface area contributed by atoms with Crippen molar-refractivity contribution in [3.05, 3.63) is 88.1 Å². The van der Waals surface area contributed by atoms with Crippen LogP contribution in [0.2, 0.25) is 0 Å². The first kappa shape index (κ1) is 23.5. The molecule has 2 aliphatic carbocycles. The Morgan fingerprint density at radius 2 is 1.73 bits per heavy atom. The second-order valence-corrected chi connectivity index (χ2v) is 10.0. The zero-order valence-electron chi connectivity index (χ0n) is 20.4. The number of hydrogen-bond acceptors (Lipinski definition) is 5. The van der Waals surface area contributed by atoms with Crippen LogP contribution in [0.1, 0.15) is 56.2 Å². The molecule has 2 fully saturated rings. The van der Waals surface area contributed by atoms with Gasteiger partial charge in [-0.25, -0.2) is 9.37 Å². The molecule has 9 heteroatoms. The monoisotopic (exact) mass is 501 g/mol. The van der Waals surface area contributed by atoms with Crippen LogP contribution in [0.3, 0.4) is 0 Å². The minimum atomic E-state index is -1.05. The van der Waals surface area contributed by atoms with E-state index in [9.17, 15) is 14.0 Å². The highest BCUT2D eigenvalue weighted by molar-refractivity contribution is 5.86. The van der Waals surface area contributed by atoms with E-state index in [1.54, 1.807) is 18.2 Å². The number of nitrogens with zero attached hydrogens (tertiary/aromatic N) is 3. The molecule has 1 amide bonds. The quantitative estimate of drug-likeness (QED) is 0.394. The lowest BCUT2D eigenvalue weighted by Gasteiger charge is -2.37. The Morgan fingerprint density at radius 1 is 1.00 bits per heavy atom. The third-order valence-corrected chi connectivity index (χ3v) is 7.49. The van der Waals surface area contributed by atoms with Crippen molar-refractivity contribution in [2.24, 2.45) is 0 Å². The summed E-state index contributed by atoms with van der Waals surface area (Å²) in [6, 6.07) is 17.5. The molecular weight excluding hydrogens is 473 g/mol. The van der Waals surface area contributed by atoms with Gasteiger partial charge in [0.2, 0.25) is 0 Å². The molecule has 8 nitrogen and oxygen atoms in total. The van der Waals surface area contributed by atoms with Gasteiger partial charge in [0, 0.05) is 17.2 Å². The van der Waals surface area contributed by atoms with Crippen LogP contribution in [0.25, 0.3) is 17.2 Å². The van der Waals surface area contributed by atoms with Crippen molar-refractivity contribution in [3.63, 3.8) is 0 Å². The number of aromatic nitrogens is 4. The molecule has 0 spiro atoms. The summed E-state index contributed by atoms with van der Waals surface area (Å²) < 4.78 is 22.1. The van der Waals surface area contributed by atoms with Gasteiger partial charge < -0.3 is 10.1 Å². The molecule has 2 aromatic heterocycles. The number of nitrogens with one attached hydrogen (secondary N) is 2. The number of aromatic amines is 1. The van der Waals surface area contributed by atoms with Crippen molar-refractivity contribution >= 4 is 11.7 Å². The molecule has 2 heterocycles. The molecule has 2 saturated carbocycles. The predicted octanol–water partition coefficient (Wildman–Crippen LogP) is 4.25. The van der Waals surface area contributed by atoms with Crippen molar-refractivity contribution < 1.29 is 13.9 Å². The number of ether oxygens (including phenoxy) is 1. The third-order valence-electron chi connectivity index (χ3n) is 7.49. The van der Waals surface area contributed by atoms with E-state index in [2.05, 4.69) is 20.4 Å². The van der Waals surface area contributed by atoms with Gasteiger partial charge >= 0.3 is 0 Å². The molecule has 0 radical (unpaired) electrons. The van der Waals surface area contributed by atoms with Crippen LogP contribution in [0.4, 0.5) is 4.39 Å². The van der Waals surface area contributed by atoms with E-state index in [1.165, 1.54) is 16.6 Å². The van der Waals surface area contributed by atoms with Crippen molar-refractivity contribution in [1.82, 2.24) is 24.9 Å². The van der Waals surface area contributed by atoms with Crippen molar-refractivity contribution in [3.8, 4) is 11.4 Å². The maximum atomic E-state index is 14.5. The molecule has 37 heavy (non-hydrogen) atoms. The number of halogens is 1. The van der Waals surface area contributed by atoms with E-state index >= 15 is 0 Å². The lowest BCUT2D eigenvalue weighted by Crippen LogP contribution is -2.53. The number of benzene rings is 2. The molecule has 190 valence electrons. The predicted molar refractivity (Wildman–Crippen MR) is 135 cm³/mol. The fraction of sp³-hybridized carbons (Fsp3) is 0.357. The summed E-state index contributed by atoms with van der Waals surface area (Å²) in [7, 11) is 0. The molecule has 0 unspecified atom stereocenters. The van der Waals surface area contributed by atoms with E-state index in [4.69, 9.17) is 4.74 Å². The van der Waals surface area contributed by atoms with Gasteiger partial charge in [-0.05, 0) is 31.7 Å². The fourth-order valence-electron chi connectivity index (χ4n) is 5.27. The summed E-state index contributed by atoms with van der Waals surface area (Å²) in [5.74, 6) is 0.237. The highest BCUT2D eigenvalue weighted by Gasteiger charge is 2.51. The minimum absolute atomic E-state index is 0.000607. The summed E-state index contributed by atoms with van der Waals surface area (Å²) in [6.45, 7) is -0.000607. The van der Waals surface area contributed by atoms with Crippen LogP contribution in [0.15, 0.2) is 65.5 Å². The van der Waals surface area contributed by atoms with Gasteiger partial charge in [-0.15, -0.1) is 0 Å². The standard InChI is InChI=1S/C28H28FN5O3/c29-22-12-6-5-11-21(22)27(15-16-27)32-25(36)28(13-7-2-8-14-28)37-18-20-17-23(35)34-26(30-20)31-24(33-34)19-9-3-1-4-10-19/h1,3-6,9-12,17H,2,7-8,13-16,18H2,(H,32,36)(H,30,31,33). The second-order valence-electron chi connectivity index (χ2n) is 10.0. The SMILES string of the molecule is O=C(NC1(c2ccccc2F)CC1)C1(OCc2cc(=O)n3[nH]c(-c4ccccc4)nc3n2)CCCCC1. The Kier molecular flexibility index (Phi) is 5.87. The Bertz CT molecular complexity index is 1500. The summed E-state index contributed by atoms with van der Waals surface area (Å²) in [5, 5.41) is 6.11. The van der Waals surface area contributed by atoms with Crippen LogP contribution in [0.5, 0.6) is 0 Å². The van der Waals surface area contributed by atoms with Crippen molar-refractivity contribution in [2.75, 3.05) is 0 Å². The van der Waals surface area contributed by atoms with Crippen LogP contribution in [0, 0.1) is 5.82 Å². The Hall–Kier alpha value is -3.85. The van der Waals surface area contributed by atoms with Crippen LogP contribution in [-0.4, -0.2) is 31.1 Å². The van der Waals surface area contributed by atoms with Crippen LogP contribution >= 0.6 is 0 Å². The average Bonchev–Trinajstić information content (AvgIpc) is 3.56. The smallest absolute Gasteiger partial charge is 0.274 e. The van der Waals surface area contributed by atoms with Gasteiger partial charge in [-0.3, -0.25) is 14.7 Å². The molecular formula is C28H28FN5O3. The number of carbonyl (C=O) groups is 1. The van der Waals surface area contributed by atoms with Crippen molar-refractivity contribution in [1.29, 1.82) is 0 Å². The molecule has 6 rings (SSSR count). The Balaban J connectivity index is 1.24. The number of H-pyrrole nitrogens is 1. The Morgan fingerprint density at radius 3 is 2.46 bits per heavy atom. The first-order valence-electron chi connectivity index (χ1n) is 12.7. The number of rotatable bonds is 7. The molecule has 2 N–H and O–H groups in total. The van der Waals surface area contributed by atoms with Gasteiger partial charge in [0.25, 0.3) is 17.2 Å². The summed E-state index contributed by atoms with van der Waals surface area (Å²) in [4.78, 5) is 35.4. The first-order valence-corrected chi connectivity index (χ1v) is 12.7. The van der Waals surface area contributed by atoms with E-state index in [0.29, 0.717) is 42.8 Å². The molecule has 0 atom stereocenters. The van der Waals surface area contributed by atoms with E-state index in [0.717, 1.165) is 24.8 Å². The fourth-order valence-corrected chi connectivity index (χ4v) is 5.27. The molecule has 4 aromatic rings. The van der Waals surface area contributed by atoms with E-state index in [1.807, 2.05) is 30.3 Å². The zero-order chi connectivity index (χ0) is 25.5. The van der Waals surface area contributed by atoms with Gasteiger partial charge in [-0.2, -0.15) is 9.50 Å². The summed E-state index contributed by atoms with van der Waals surface area (Å²) in [5.41, 5.74) is -0.281. The molecule has 0 aliphatic heterocycles. The molecule has 2 aliphatic rings. The Labute approximate surface area is 212 Å². The number of carbonyl (C=O) groups excluding carboxylic acids is 1. The second kappa shape index (κ2) is 9.23. The first-order chi connectivity index (χ1) is 18.0. The number of hydrogen-bond donors (Lipinski definition) is 2. The maximum absolute atomic E-state index is 14.5. The van der Waals surface area contributed by atoms with E-state index in [-0.39, 0.29) is 29.7 Å². The van der Waals surface area contributed by atoms with Gasteiger partial charge in [0.1, 0.15) is 11.4 Å². The lowest BCUT2D eigenvalue weighted by molar-refractivity contribution is -0.155. The van der Waals surface area contributed by atoms with Gasteiger partial charge in [0.15, 0.2) is 5.82 Å². The van der Waals surface area contributed by atoms with Crippen molar-refractivity contribution in [2.45, 2.75) is 62.7 Å². The molecule has 0 bridgehead atoms. The topological polar surface area (TPSA) is 101 Å². The average molecular weight is 502 g/mol. The normalized spacial score (nSPS) is 18.0. The van der Waals surface area contributed by atoms with E-state index < -0.39 is 11.1 Å². The van der Waals surface area contributed by atoms with Crippen LogP contribution < -0.4 is 10.9 Å². The highest BCUT2D eigenvalue weighted by atomic mass is 19.1. The molecule has 2 aromatic carbocycles. The minimum Gasteiger partial charge on any atom is -0.359 e. The summed E-state index contributed by atoms with van der Waals surface area (Å²) >= 11 is 0. The lowest BCUT2D eigenvalue weighted by atomic mass is 9.83. The molecule has 0 saturated heterocycles. The number of amides is 1. The van der Waals surface area contributed by atoms with Gasteiger partial charge in [-0.1, -0.05) is 67.8 Å². The van der Waals surface area contributed by atoms with Crippen LogP contribution in [-0.2, 0) is 21.7 Å². The number of fused-ring (bicyclic) bond motifs is 1. The third kappa shape index (κ3) is 4.44. The highest BCUT2D eigenvalue weighted by Crippen LogP contribution is 2.47.